The standard InChI is InChI=1S/C9H18N2OS/c1-8(10(2)3)9(12)11-4-6-13-7-5-11/h8H,4-7H2,1-3H3/t8-/m0/s1. The van der Waals surface area contributed by atoms with Gasteiger partial charge in [0, 0.05) is 24.6 Å². The van der Waals surface area contributed by atoms with E-state index in [0.29, 0.717) is 0 Å². The van der Waals surface area contributed by atoms with Crippen molar-refractivity contribution in [3.63, 3.8) is 0 Å². The van der Waals surface area contributed by atoms with Gasteiger partial charge in [0.05, 0.1) is 6.04 Å². The number of hydrogen-bond donors (Lipinski definition) is 0. The molecule has 1 aliphatic heterocycles. The Bertz CT molecular complexity index is 178. The van der Waals surface area contributed by atoms with Gasteiger partial charge in [0.1, 0.15) is 0 Å². The third-order valence-electron chi connectivity index (χ3n) is 2.45. The van der Waals surface area contributed by atoms with Crippen LogP contribution in [0, 0.1) is 0 Å². The molecule has 0 N–H and O–H groups in total. The zero-order valence-corrected chi connectivity index (χ0v) is 9.43. The molecule has 76 valence electrons. The molecule has 4 heteroatoms. The number of hydrogen-bond acceptors (Lipinski definition) is 3. The van der Waals surface area contributed by atoms with Crippen LogP contribution in [0.2, 0.25) is 0 Å². The molecule has 0 spiro atoms. The fourth-order valence-corrected chi connectivity index (χ4v) is 2.17. The van der Waals surface area contributed by atoms with Crippen molar-refractivity contribution in [1.82, 2.24) is 9.80 Å². The van der Waals surface area contributed by atoms with E-state index in [0.717, 1.165) is 24.6 Å². The summed E-state index contributed by atoms with van der Waals surface area (Å²) in [6, 6.07) is 0.0168. The third kappa shape index (κ3) is 2.88. The maximum Gasteiger partial charge on any atom is 0.239 e. The van der Waals surface area contributed by atoms with E-state index in [4.69, 9.17) is 0 Å². The van der Waals surface area contributed by atoms with Crippen LogP contribution >= 0.6 is 11.8 Å². The topological polar surface area (TPSA) is 23.6 Å². The minimum absolute atomic E-state index is 0.0168. The molecule has 0 aromatic carbocycles. The Hall–Kier alpha value is -0.220. The summed E-state index contributed by atoms with van der Waals surface area (Å²) in [6.07, 6.45) is 0. The van der Waals surface area contributed by atoms with Crippen molar-refractivity contribution >= 4 is 17.7 Å². The van der Waals surface area contributed by atoms with Gasteiger partial charge in [0.25, 0.3) is 0 Å². The highest BCUT2D eigenvalue weighted by Gasteiger charge is 2.23. The van der Waals surface area contributed by atoms with Crippen LogP contribution in [0.15, 0.2) is 0 Å². The zero-order valence-electron chi connectivity index (χ0n) is 8.62. The average Bonchev–Trinajstić information content (AvgIpc) is 2.17. The van der Waals surface area contributed by atoms with Crippen LogP contribution in [0.4, 0.5) is 0 Å². The highest BCUT2D eigenvalue weighted by atomic mass is 32.2. The Labute approximate surface area is 84.5 Å². The first-order valence-corrected chi connectivity index (χ1v) is 5.81. The highest BCUT2D eigenvalue weighted by molar-refractivity contribution is 7.99. The predicted molar refractivity (Wildman–Crippen MR) is 57.1 cm³/mol. The van der Waals surface area contributed by atoms with Gasteiger partial charge >= 0.3 is 0 Å². The normalized spacial score (nSPS) is 20.5. The van der Waals surface area contributed by atoms with Gasteiger partial charge < -0.3 is 4.90 Å². The lowest BCUT2D eigenvalue weighted by Gasteiger charge is -2.31. The van der Waals surface area contributed by atoms with Gasteiger partial charge in [-0.2, -0.15) is 11.8 Å². The average molecular weight is 202 g/mol. The van der Waals surface area contributed by atoms with Gasteiger partial charge in [-0.3, -0.25) is 9.69 Å². The molecule has 0 aromatic rings. The molecule has 0 saturated carbocycles. The Morgan fingerprint density at radius 2 is 1.92 bits per heavy atom. The molecule has 1 amide bonds. The molecule has 3 nitrogen and oxygen atoms in total. The number of carbonyl (C=O) groups excluding carboxylic acids is 1. The van der Waals surface area contributed by atoms with E-state index in [-0.39, 0.29) is 11.9 Å². The number of nitrogens with zero attached hydrogens (tertiary/aromatic N) is 2. The zero-order chi connectivity index (χ0) is 9.84. The van der Waals surface area contributed by atoms with E-state index in [1.54, 1.807) is 0 Å². The quantitative estimate of drug-likeness (QED) is 0.652. The van der Waals surface area contributed by atoms with E-state index in [1.807, 2.05) is 42.6 Å². The van der Waals surface area contributed by atoms with Crippen molar-refractivity contribution < 1.29 is 4.79 Å². The smallest absolute Gasteiger partial charge is 0.239 e. The summed E-state index contributed by atoms with van der Waals surface area (Å²) >= 11 is 1.93. The first-order chi connectivity index (χ1) is 6.13. The molecule has 13 heavy (non-hydrogen) atoms. The monoisotopic (exact) mass is 202 g/mol. The van der Waals surface area contributed by atoms with Gasteiger partial charge in [0.15, 0.2) is 0 Å². The second kappa shape index (κ2) is 4.86. The second-order valence-electron chi connectivity index (χ2n) is 3.58. The molecule has 0 aromatic heterocycles. The predicted octanol–water partition coefficient (Wildman–Crippen LogP) is 0.512. The summed E-state index contributed by atoms with van der Waals surface area (Å²) in [7, 11) is 3.89. The fraction of sp³-hybridized carbons (Fsp3) is 0.889. The molecule has 0 radical (unpaired) electrons. The van der Waals surface area contributed by atoms with Crippen molar-refractivity contribution in [2.75, 3.05) is 38.7 Å². The second-order valence-corrected chi connectivity index (χ2v) is 4.80. The summed E-state index contributed by atoms with van der Waals surface area (Å²) in [4.78, 5) is 15.8. The van der Waals surface area contributed by atoms with Crippen molar-refractivity contribution in [1.29, 1.82) is 0 Å². The summed E-state index contributed by atoms with van der Waals surface area (Å²) in [6.45, 7) is 3.80. The minimum Gasteiger partial charge on any atom is -0.340 e. The van der Waals surface area contributed by atoms with Gasteiger partial charge in [-0.25, -0.2) is 0 Å². The van der Waals surface area contributed by atoms with Gasteiger partial charge in [0.2, 0.25) is 5.91 Å². The Morgan fingerprint density at radius 1 is 1.38 bits per heavy atom. The van der Waals surface area contributed by atoms with Gasteiger partial charge in [-0.05, 0) is 21.0 Å². The summed E-state index contributed by atoms with van der Waals surface area (Å²) < 4.78 is 0. The molecule has 1 rings (SSSR count). The Morgan fingerprint density at radius 3 is 2.38 bits per heavy atom. The molecule has 1 atom stereocenters. The minimum atomic E-state index is 0.0168. The molecular formula is C9H18N2OS. The number of likely N-dealkylation sites (N-methyl/N-ethyl adjacent to an activating group) is 1. The summed E-state index contributed by atoms with van der Waals surface area (Å²) in [5, 5.41) is 0. The van der Waals surface area contributed by atoms with Crippen molar-refractivity contribution in [3.8, 4) is 0 Å². The van der Waals surface area contributed by atoms with Crippen LogP contribution < -0.4 is 0 Å². The molecule has 0 bridgehead atoms. The van der Waals surface area contributed by atoms with Crippen LogP contribution in [0.1, 0.15) is 6.92 Å². The van der Waals surface area contributed by atoms with E-state index in [1.165, 1.54) is 0 Å². The molecule has 1 aliphatic rings. The number of carbonyl (C=O) groups is 1. The van der Waals surface area contributed by atoms with E-state index >= 15 is 0 Å². The van der Waals surface area contributed by atoms with Gasteiger partial charge in [-0.15, -0.1) is 0 Å². The maximum absolute atomic E-state index is 11.8. The summed E-state index contributed by atoms with van der Waals surface area (Å²) in [5.41, 5.74) is 0. The van der Waals surface area contributed by atoms with Crippen LogP contribution in [-0.2, 0) is 4.79 Å². The fourth-order valence-electron chi connectivity index (χ4n) is 1.27. The molecule has 0 unspecified atom stereocenters. The van der Waals surface area contributed by atoms with E-state index in [2.05, 4.69) is 0 Å². The van der Waals surface area contributed by atoms with Crippen LogP contribution in [0.25, 0.3) is 0 Å². The molecular weight excluding hydrogens is 184 g/mol. The lowest BCUT2D eigenvalue weighted by molar-refractivity contribution is -0.135. The molecule has 1 fully saturated rings. The van der Waals surface area contributed by atoms with Gasteiger partial charge in [-0.1, -0.05) is 0 Å². The van der Waals surface area contributed by atoms with E-state index < -0.39 is 0 Å². The van der Waals surface area contributed by atoms with Crippen molar-refractivity contribution in [3.05, 3.63) is 0 Å². The number of rotatable bonds is 2. The molecule has 1 heterocycles. The van der Waals surface area contributed by atoms with Crippen LogP contribution in [0.3, 0.4) is 0 Å². The Kier molecular flexibility index (Phi) is 4.06. The van der Waals surface area contributed by atoms with Crippen molar-refractivity contribution in [2.45, 2.75) is 13.0 Å². The highest BCUT2D eigenvalue weighted by Crippen LogP contribution is 2.11. The first kappa shape index (κ1) is 10.9. The number of amides is 1. The SMILES string of the molecule is C[C@@H](C(=O)N1CCSCC1)N(C)C. The van der Waals surface area contributed by atoms with Crippen LogP contribution in [0.5, 0.6) is 0 Å². The van der Waals surface area contributed by atoms with E-state index in [9.17, 15) is 4.79 Å². The lowest BCUT2D eigenvalue weighted by atomic mass is 10.2. The van der Waals surface area contributed by atoms with Crippen molar-refractivity contribution in [2.24, 2.45) is 0 Å². The summed E-state index contributed by atoms with van der Waals surface area (Å²) in [5.74, 6) is 2.45. The lowest BCUT2D eigenvalue weighted by Crippen LogP contribution is -2.47. The molecule has 0 aliphatic carbocycles. The Balaban J connectivity index is 2.45. The number of thioether (sulfide) groups is 1. The first-order valence-electron chi connectivity index (χ1n) is 4.66. The molecule has 1 saturated heterocycles. The third-order valence-corrected chi connectivity index (χ3v) is 3.40. The maximum atomic E-state index is 11.8. The largest absolute Gasteiger partial charge is 0.340 e. The van der Waals surface area contributed by atoms with Crippen LogP contribution in [-0.4, -0.2) is 60.4 Å².